The van der Waals surface area contributed by atoms with Gasteiger partial charge in [0.1, 0.15) is 5.82 Å². The van der Waals surface area contributed by atoms with Gasteiger partial charge in [0.25, 0.3) is 0 Å². The van der Waals surface area contributed by atoms with Crippen molar-refractivity contribution in [2.75, 3.05) is 32.4 Å². The van der Waals surface area contributed by atoms with Gasteiger partial charge >= 0.3 is 0 Å². The van der Waals surface area contributed by atoms with Crippen molar-refractivity contribution in [3.05, 3.63) is 42.2 Å². The summed E-state index contributed by atoms with van der Waals surface area (Å²) in [6.45, 7) is 1.83. The van der Waals surface area contributed by atoms with Gasteiger partial charge in [0.2, 0.25) is 11.7 Å². The van der Waals surface area contributed by atoms with E-state index in [1.165, 1.54) is 33.1 Å². The third kappa shape index (κ3) is 4.06. The lowest BCUT2D eigenvalue weighted by Gasteiger charge is -2.14. The van der Waals surface area contributed by atoms with Gasteiger partial charge in [-0.15, -0.1) is 5.10 Å². The van der Waals surface area contributed by atoms with Gasteiger partial charge in [0.15, 0.2) is 22.3 Å². The zero-order valence-corrected chi connectivity index (χ0v) is 18.3. The summed E-state index contributed by atoms with van der Waals surface area (Å²) in [4.78, 5) is 21.8. The van der Waals surface area contributed by atoms with Gasteiger partial charge in [-0.3, -0.25) is 4.79 Å². The lowest BCUT2D eigenvalue weighted by Crippen LogP contribution is -2.15. The SMILES string of the molecule is COc1cc(NC(=O)CSc2nc3ccccc3c3nc(C)nn23)cc(OC)c1OC. The Morgan fingerprint density at radius 2 is 1.77 bits per heavy atom. The summed E-state index contributed by atoms with van der Waals surface area (Å²) in [6.07, 6.45) is 0. The number of nitrogens with zero attached hydrogens (tertiary/aromatic N) is 4. The van der Waals surface area contributed by atoms with Crippen LogP contribution in [0.1, 0.15) is 5.82 Å². The first-order valence-corrected chi connectivity index (χ1v) is 10.4. The first kappa shape index (κ1) is 20.7. The molecule has 1 amide bonds. The van der Waals surface area contributed by atoms with Crippen molar-refractivity contribution in [2.45, 2.75) is 12.1 Å². The molecule has 9 nitrogen and oxygen atoms in total. The van der Waals surface area contributed by atoms with E-state index in [1.54, 1.807) is 16.6 Å². The number of fused-ring (bicyclic) bond motifs is 3. The zero-order chi connectivity index (χ0) is 22.0. The molecule has 1 N–H and O–H groups in total. The molecule has 0 bridgehead atoms. The molecule has 0 unspecified atom stereocenters. The molecule has 4 rings (SSSR count). The molecule has 0 radical (unpaired) electrons. The van der Waals surface area contributed by atoms with Crippen molar-refractivity contribution in [3.63, 3.8) is 0 Å². The number of ether oxygens (including phenoxy) is 3. The molecule has 2 aromatic carbocycles. The van der Waals surface area contributed by atoms with Crippen molar-refractivity contribution >= 4 is 39.9 Å². The number of thioether (sulfide) groups is 1. The number of carbonyl (C=O) groups excluding carboxylic acids is 1. The molecule has 0 spiro atoms. The predicted octanol–water partition coefficient (Wildman–Crippen LogP) is 3.34. The fourth-order valence-corrected chi connectivity index (χ4v) is 3.95. The van der Waals surface area contributed by atoms with Gasteiger partial charge in [-0.25, -0.2) is 9.97 Å². The van der Waals surface area contributed by atoms with Crippen molar-refractivity contribution in [1.29, 1.82) is 0 Å². The number of aryl methyl sites for hydroxylation is 1. The second-order valence-corrected chi connectivity index (χ2v) is 7.50. The summed E-state index contributed by atoms with van der Waals surface area (Å²) in [5.74, 6) is 1.94. The van der Waals surface area contributed by atoms with Crippen molar-refractivity contribution in [3.8, 4) is 17.2 Å². The van der Waals surface area contributed by atoms with E-state index in [9.17, 15) is 4.79 Å². The Labute approximate surface area is 182 Å². The minimum Gasteiger partial charge on any atom is -0.493 e. The molecule has 0 aliphatic rings. The minimum absolute atomic E-state index is 0.135. The second kappa shape index (κ2) is 8.68. The van der Waals surface area contributed by atoms with Crippen LogP contribution in [-0.4, -0.2) is 52.6 Å². The minimum atomic E-state index is -0.209. The van der Waals surface area contributed by atoms with Gasteiger partial charge in [0, 0.05) is 23.2 Å². The van der Waals surface area contributed by atoms with Gasteiger partial charge < -0.3 is 19.5 Å². The fraction of sp³-hybridized carbons (Fsp3) is 0.238. The van der Waals surface area contributed by atoms with Gasteiger partial charge in [-0.1, -0.05) is 23.9 Å². The Kier molecular flexibility index (Phi) is 5.81. The summed E-state index contributed by atoms with van der Waals surface area (Å²) in [5.41, 5.74) is 2.05. The third-order valence-electron chi connectivity index (χ3n) is 4.54. The first-order chi connectivity index (χ1) is 15.0. The highest BCUT2D eigenvalue weighted by atomic mass is 32.2. The predicted molar refractivity (Wildman–Crippen MR) is 118 cm³/mol. The van der Waals surface area contributed by atoms with Crippen LogP contribution in [0.3, 0.4) is 0 Å². The van der Waals surface area contributed by atoms with Crippen LogP contribution in [0.4, 0.5) is 5.69 Å². The van der Waals surface area contributed by atoms with E-state index in [1.807, 2.05) is 31.2 Å². The molecule has 0 saturated heterocycles. The number of benzene rings is 2. The maximum absolute atomic E-state index is 12.6. The van der Waals surface area contributed by atoms with E-state index in [0.717, 1.165) is 16.6 Å². The topological polar surface area (TPSA) is 99.9 Å². The Morgan fingerprint density at radius 3 is 2.45 bits per heavy atom. The van der Waals surface area contributed by atoms with Crippen LogP contribution in [0, 0.1) is 6.92 Å². The highest BCUT2D eigenvalue weighted by Gasteiger charge is 2.16. The number of aromatic nitrogens is 4. The second-order valence-electron chi connectivity index (χ2n) is 6.56. The van der Waals surface area contributed by atoms with Crippen molar-refractivity contribution in [2.24, 2.45) is 0 Å². The molecule has 2 heterocycles. The standard InChI is InChI=1S/C21H21N5O4S/c1-12-22-20-14-7-5-6-8-15(14)24-21(26(20)25-12)31-11-18(27)23-13-9-16(28-2)19(30-4)17(10-13)29-3/h5-10H,11H2,1-4H3,(H,23,27). The number of anilines is 1. The third-order valence-corrected chi connectivity index (χ3v) is 5.47. The van der Waals surface area contributed by atoms with Crippen LogP contribution in [0.25, 0.3) is 16.6 Å². The van der Waals surface area contributed by atoms with Crippen molar-refractivity contribution in [1.82, 2.24) is 19.6 Å². The zero-order valence-electron chi connectivity index (χ0n) is 17.5. The summed E-state index contributed by atoms with van der Waals surface area (Å²) in [7, 11) is 4.57. The van der Waals surface area contributed by atoms with Gasteiger partial charge in [0.05, 0.1) is 32.6 Å². The van der Waals surface area contributed by atoms with E-state index < -0.39 is 0 Å². The average Bonchev–Trinajstić information content (AvgIpc) is 3.18. The molecule has 0 atom stereocenters. The fourth-order valence-electron chi connectivity index (χ4n) is 3.21. The van der Waals surface area contributed by atoms with Crippen LogP contribution in [0.5, 0.6) is 17.2 Å². The largest absolute Gasteiger partial charge is 0.493 e. The molecular formula is C21H21N5O4S. The molecule has 0 fully saturated rings. The Balaban J connectivity index is 1.56. The average molecular weight is 439 g/mol. The number of amides is 1. The van der Waals surface area contributed by atoms with E-state index in [0.29, 0.717) is 33.9 Å². The van der Waals surface area contributed by atoms with Crippen LogP contribution < -0.4 is 19.5 Å². The lowest BCUT2D eigenvalue weighted by molar-refractivity contribution is -0.113. The number of hydrogen-bond donors (Lipinski definition) is 1. The van der Waals surface area contributed by atoms with Crippen LogP contribution in [0.15, 0.2) is 41.6 Å². The quantitative estimate of drug-likeness (QED) is 0.346. The Bertz CT molecular complexity index is 1250. The highest BCUT2D eigenvalue weighted by molar-refractivity contribution is 7.99. The highest BCUT2D eigenvalue weighted by Crippen LogP contribution is 2.40. The maximum atomic E-state index is 12.6. The van der Waals surface area contributed by atoms with Crippen LogP contribution in [0.2, 0.25) is 0 Å². The molecule has 0 aliphatic carbocycles. The number of rotatable bonds is 7. The molecular weight excluding hydrogens is 418 g/mol. The molecule has 0 aliphatic heterocycles. The van der Waals surface area contributed by atoms with E-state index in [4.69, 9.17) is 14.2 Å². The number of nitrogens with one attached hydrogen (secondary N) is 1. The summed E-state index contributed by atoms with van der Waals surface area (Å²) < 4.78 is 17.6. The van der Waals surface area contributed by atoms with Gasteiger partial charge in [-0.2, -0.15) is 4.52 Å². The summed E-state index contributed by atoms with van der Waals surface area (Å²) in [5, 5.41) is 8.79. The molecule has 2 aromatic heterocycles. The Morgan fingerprint density at radius 1 is 1.06 bits per heavy atom. The van der Waals surface area contributed by atoms with Gasteiger partial charge in [-0.05, 0) is 19.1 Å². The molecule has 10 heteroatoms. The molecule has 4 aromatic rings. The Hall–Kier alpha value is -3.53. The summed E-state index contributed by atoms with van der Waals surface area (Å²) >= 11 is 1.28. The normalized spacial score (nSPS) is 11.0. The monoisotopic (exact) mass is 439 g/mol. The van der Waals surface area contributed by atoms with Crippen LogP contribution >= 0.6 is 11.8 Å². The molecule has 160 valence electrons. The summed E-state index contributed by atoms with van der Waals surface area (Å²) in [6, 6.07) is 11.1. The number of carbonyl (C=O) groups is 1. The number of para-hydroxylation sites is 1. The lowest BCUT2D eigenvalue weighted by atomic mass is 10.2. The van der Waals surface area contributed by atoms with E-state index in [2.05, 4.69) is 20.4 Å². The first-order valence-electron chi connectivity index (χ1n) is 9.38. The van der Waals surface area contributed by atoms with Crippen LogP contribution in [-0.2, 0) is 4.79 Å². The van der Waals surface area contributed by atoms with E-state index >= 15 is 0 Å². The molecule has 0 saturated carbocycles. The smallest absolute Gasteiger partial charge is 0.234 e. The van der Waals surface area contributed by atoms with E-state index in [-0.39, 0.29) is 11.7 Å². The maximum Gasteiger partial charge on any atom is 0.234 e. The molecule has 31 heavy (non-hydrogen) atoms. The van der Waals surface area contributed by atoms with Crippen molar-refractivity contribution < 1.29 is 19.0 Å². The number of hydrogen-bond acceptors (Lipinski definition) is 8. The number of methoxy groups -OCH3 is 3.